The van der Waals surface area contributed by atoms with Crippen molar-refractivity contribution in [3.05, 3.63) is 24.2 Å². The minimum Gasteiger partial charge on any atom is -0.376 e. The van der Waals surface area contributed by atoms with Crippen molar-refractivity contribution in [3.63, 3.8) is 0 Å². The van der Waals surface area contributed by atoms with Gasteiger partial charge in [0.05, 0.1) is 17.5 Å². The monoisotopic (exact) mass is 329 g/mol. The van der Waals surface area contributed by atoms with E-state index in [1.807, 2.05) is 12.4 Å². The van der Waals surface area contributed by atoms with Crippen molar-refractivity contribution < 1.29 is 9.53 Å². The molecule has 0 atom stereocenters. The zero-order chi connectivity index (χ0) is 16.6. The number of rotatable bonds is 5. The third-order valence-corrected chi connectivity index (χ3v) is 5.13. The van der Waals surface area contributed by atoms with Gasteiger partial charge in [-0.25, -0.2) is 9.97 Å². The maximum atomic E-state index is 12.5. The molecule has 1 saturated carbocycles. The number of amides is 1. The Hall–Kier alpha value is -1.99. The summed E-state index contributed by atoms with van der Waals surface area (Å²) < 4.78 is 7.79. The number of fused-ring (bicyclic) bond motifs is 1. The third kappa shape index (κ3) is 2.89. The van der Waals surface area contributed by atoms with E-state index < -0.39 is 0 Å². The van der Waals surface area contributed by atoms with Gasteiger partial charge in [0.2, 0.25) is 0 Å². The highest BCUT2D eigenvalue weighted by Gasteiger charge is 2.32. The van der Waals surface area contributed by atoms with E-state index in [1.165, 1.54) is 12.8 Å². The van der Waals surface area contributed by atoms with Crippen molar-refractivity contribution in [2.45, 2.75) is 37.3 Å². The van der Waals surface area contributed by atoms with Gasteiger partial charge in [0.25, 0.3) is 5.91 Å². The highest BCUT2D eigenvalue weighted by atomic mass is 16.5. The average Bonchev–Trinajstić information content (AvgIpc) is 3.39. The summed E-state index contributed by atoms with van der Waals surface area (Å²) in [4.78, 5) is 21.3. The molecule has 128 valence electrons. The maximum absolute atomic E-state index is 12.5. The van der Waals surface area contributed by atoms with Gasteiger partial charge >= 0.3 is 0 Å². The fourth-order valence-electron chi connectivity index (χ4n) is 3.34. The average molecular weight is 329 g/mol. The summed E-state index contributed by atoms with van der Waals surface area (Å²) >= 11 is 0. The topological polar surface area (TPSA) is 81.1 Å². The maximum Gasteiger partial charge on any atom is 0.253 e. The summed E-state index contributed by atoms with van der Waals surface area (Å²) in [5.41, 5.74) is 1.91. The first-order chi connectivity index (χ1) is 11.7. The van der Waals surface area contributed by atoms with E-state index in [9.17, 15) is 4.79 Å². The lowest BCUT2D eigenvalue weighted by atomic mass is 9.92. The van der Waals surface area contributed by atoms with Gasteiger partial charge in [-0.05, 0) is 44.8 Å². The number of carbonyl (C=O) groups is 1. The number of hydrogen-bond donors (Lipinski definition) is 2. The molecule has 2 aromatic rings. The molecule has 1 amide bonds. The highest BCUT2D eigenvalue weighted by molar-refractivity contribution is 5.96. The predicted octanol–water partition coefficient (Wildman–Crippen LogP) is 1.26. The van der Waals surface area contributed by atoms with E-state index >= 15 is 0 Å². The van der Waals surface area contributed by atoms with E-state index in [4.69, 9.17) is 4.74 Å². The van der Waals surface area contributed by atoms with Crippen LogP contribution in [0.15, 0.2) is 18.6 Å². The molecule has 0 aromatic carbocycles. The lowest BCUT2D eigenvalue weighted by Gasteiger charge is -2.36. The molecule has 0 spiro atoms. The van der Waals surface area contributed by atoms with Crippen LogP contribution in [0.4, 0.5) is 0 Å². The number of ether oxygens (including phenoxy) is 1. The molecule has 4 rings (SSSR count). The van der Waals surface area contributed by atoms with Crippen LogP contribution in [-0.4, -0.2) is 52.8 Å². The number of aromatic nitrogens is 3. The van der Waals surface area contributed by atoms with Gasteiger partial charge in [0, 0.05) is 25.9 Å². The molecule has 1 aliphatic heterocycles. The Morgan fingerprint density at radius 3 is 2.92 bits per heavy atom. The molecular formula is C17H23N5O2. The molecule has 0 radical (unpaired) electrons. The molecular weight excluding hydrogens is 306 g/mol. The quantitative estimate of drug-likeness (QED) is 0.863. The molecule has 2 fully saturated rings. The fourth-order valence-corrected chi connectivity index (χ4v) is 3.34. The first-order valence-corrected chi connectivity index (χ1v) is 8.57. The van der Waals surface area contributed by atoms with E-state index in [0.29, 0.717) is 18.2 Å². The minimum atomic E-state index is -0.272. The SMILES string of the molecule is COC1(CNC(=O)c2cnc3c(c2)ncn3C2CC2)CCNCC1. The summed E-state index contributed by atoms with van der Waals surface area (Å²) in [6, 6.07) is 2.35. The number of nitrogens with zero attached hydrogens (tertiary/aromatic N) is 3. The number of pyridine rings is 1. The van der Waals surface area contributed by atoms with Gasteiger partial charge in [0.1, 0.15) is 5.52 Å². The van der Waals surface area contributed by atoms with Crippen LogP contribution in [-0.2, 0) is 4.74 Å². The number of carbonyl (C=O) groups excluding carboxylic acids is 1. The van der Waals surface area contributed by atoms with E-state index in [-0.39, 0.29) is 11.5 Å². The van der Waals surface area contributed by atoms with Crippen LogP contribution in [0.2, 0.25) is 0 Å². The van der Waals surface area contributed by atoms with Crippen molar-refractivity contribution in [2.24, 2.45) is 0 Å². The normalized spacial score (nSPS) is 20.2. The van der Waals surface area contributed by atoms with Crippen LogP contribution in [0.3, 0.4) is 0 Å². The standard InChI is InChI=1S/C17H23N5O2/c1-24-17(4-6-18-7-5-17)10-20-16(23)12-8-14-15(19-9-12)22(11-21-14)13-2-3-13/h8-9,11,13,18H,2-7,10H2,1H3,(H,20,23). The van der Waals surface area contributed by atoms with Crippen LogP contribution < -0.4 is 10.6 Å². The smallest absolute Gasteiger partial charge is 0.253 e. The van der Waals surface area contributed by atoms with Crippen molar-refractivity contribution in [1.29, 1.82) is 0 Å². The summed E-state index contributed by atoms with van der Waals surface area (Å²) in [6.07, 6.45) is 7.62. The van der Waals surface area contributed by atoms with Crippen LogP contribution in [0, 0.1) is 0 Å². The first kappa shape index (κ1) is 15.5. The minimum absolute atomic E-state index is 0.125. The van der Waals surface area contributed by atoms with Crippen LogP contribution in [0.25, 0.3) is 11.2 Å². The van der Waals surface area contributed by atoms with Gasteiger partial charge in [-0.2, -0.15) is 0 Å². The Morgan fingerprint density at radius 2 is 2.21 bits per heavy atom. The van der Waals surface area contributed by atoms with Gasteiger partial charge in [-0.3, -0.25) is 4.79 Å². The van der Waals surface area contributed by atoms with Crippen LogP contribution in [0.1, 0.15) is 42.1 Å². The predicted molar refractivity (Wildman–Crippen MR) is 90.0 cm³/mol. The fraction of sp³-hybridized carbons (Fsp3) is 0.588. The molecule has 3 heterocycles. The molecule has 2 aliphatic rings. The van der Waals surface area contributed by atoms with E-state index in [2.05, 4.69) is 25.2 Å². The Bertz CT molecular complexity index is 747. The second-order valence-electron chi connectivity index (χ2n) is 6.77. The summed E-state index contributed by atoms with van der Waals surface area (Å²) in [5, 5.41) is 6.32. The molecule has 24 heavy (non-hydrogen) atoms. The molecule has 0 unspecified atom stereocenters. The van der Waals surface area contributed by atoms with Crippen molar-refractivity contribution in [2.75, 3.05) is 26.7 Å². The lowest BCUT2D eigenvalue weighted by molar-refractivity contribution is -0.0312. The van der Waals surface area contributed by atoms with Crippen LogP contribution >= 0.6 is 0 Å². The van der Waals surface area contributed by atoms with E-state index in [1.54, 1.807) is 13.3 Å². The molecule has 7 heteroatoms. The molecule has 1 saturated heterocycles. The first-order valence-electron chi connectivity index (χ1n) is 8.57. The number of hydrogen-bond acceptors (Lipinski definition) is 5. The zero-order valence-electron chi connectivity index (χ0n) is 13.9. The summed E-state index contributed by atoms with van der Waals surface area (Å²) in [6.45, 7) is 2.34. The number of methoxy groups -OCH3 is 1. The lowest BCUT2D eigenvalue weighted by Crippen LogP contribution is -2.50. The molecule has 2 N–H and O–H groups in total. The van der Waals surface area contributed by atoms with Crippen molar-refractivity contribution in [3.8, 4) is 0 Å². The molecule has 2 aromatic heterocycles. The van der Waals surface area contributed by atoms with Crippen LogP contribution in [0.5, 0.6) is 0 Å². The summed E-state index contributed by atoms with van der Waals surface area (Å²) in [7, 11) is 1.72. The van der Waals surface area contributed by atoms with Crippen molar-refractivity contribution >= 4 is 17.1 Å². The number of nitrogens with one attached hydrogen (secondary N) is 2. The third-order valence-electron chi connectivity index (χ3n) is 5.13. The highest BCUT2D eigenvalue weighted by Crippen LogP contribution is 2.36. The zero-order valence-corrected chi connectivity index (χ0v) is 13.9. The van der Waals surface area contributed by atoms with Gasteiger partial charge in [-0.15, -0.1) is 0 Å². The molecule has 0 bridgehead atoms. The summed E-state index contributed by atoms with van der Waals surface area (Å²) in [5.74, 6) is -0.125. The van der Waals surface area contributed by atoms with Gasteiger partial charge in [-0.1, -0.05) is 0 Å². The second kappa shape index (κ2) is 6.14. The Labute approximate surface area is 140 Å². The Balaban J connectivity index is 1.46. The Kier molecular flexibility index (Phi) is 3.97. The number of imidazole rings is 1. The molecule has 1 aliphatic carbocycles. The van der Waals surface area contributed by atoms with E-state index in [0.717, 1.165) is 37.1 Å². The largest absolute Gasteiger partial charge is 0.376 e. The second-order valence-corrected chi connectivity index (χ2v) is 6.77. The van der Waals surface area contributed by atoms with Crippen molar-refractivity contribution in [1.82, 2.24) is 25.2 Å². The number of piperidine rings is 1. The van der Waals surface area contributed by atoms with Gasteiger partial charge < -0.3 is 19.9 Å². The molecule has 7 nitrogen and oxygen atoms in total. The Morgan fingerprint density at radius 1 is 1.42 bits per heavy atom. The van der Waals surface area contributed by atoms with Gasteiger partial charge in [0.15, 0.2) is 5.65 Å².